The van der Waals surface area contributed by atoms with Crippen molar-refractivity contribution >= 4 is 11.6 Å². The predicted octanol–water partition coefficient (Wildman–Crippen LogP) is 4.63. The summed E-state index contributed by atoms with van der Waals surface area (Å²) in [5, 5.41) is 3.05. The molecule has 1 fully saturated rings. The number of nitrogens with one attached hydrogen (secondary N) is 1. The molecule has 0 saturated carbocycles. The number of benzene rings is 2. The smallest absolute Gasteiger partial charge is 0.227 e. The van der Waals surface area contributed by atoms with E-state index in [1.54, 1.807) is 0 Å². The fourth-order valence-electron chi connectivity index (χ4n) is 3.51. The minimum Gasteiger partial charge on any atom is -0.491 e. The average molecular weight is 367 g/mol. The Labute approximate surface area is 162 Å². The molecule has 1 aliphatic rings. The highest BCUT2D eigenvalue weighted by atomic mass is 16.5. The highest BCUT2D eigenvalue weighted by molar-refractivity contribution is 5.92. The normalized spacial score (nSPS) is 15.7. The van der Waals surface area contributed by atoms with Gasteiger partial charge in [-0.3, -0.25) is 9.69 Å². The van der Waals surface area contributed by atoms with E-state index in [4.69, 9.17) is 4.74 Å². The molecule has 0 radical (unpaired) electrons. The van der Waals surface area contributed by atoms with Gasteiger partial charge in [0, 0.05) is 18.2 Å². The van der Waals surface area contributed by atoms with Gasteiger partial charge in [-0.15, -0.1) is 0 Å². The Morgan fingerprint density at radius 2 is 1.78 bits per heavy atom. The van der Waals surface area contributed by atoms with E-state index < -0.39 is 0 Å². The summed E-state index contributed by atoms with van der Waals surface area (Å²) in [6.45, 7) is 9.06. The predicted molar refractivity (Wildman–Crippen MR) is 110 cm³/mol. The van der Waals surface area contributed by atoms with Gasteiger partial charge in [0.25, 0.3) is 0 Å². The lowest BCUT2D eigenvalue weighted by Gasteiger charge is -2.31. The summed E-state index contributed by atoms with van der Waals surface area (Å²) in [6, 6.07) is 16.2. The molecule has 1 aliphatic heterocycles. The quantitative estimate of drug-likeness (QED) is 0.810. The van der Waals surface area contributed by atoms with Crippen LogP contribution < -0.4 is 10.1 Å². The van der Waals surface area contributed by atoms with E-state index in [1.165, 1.54) is 11.1 Å². The van der Waals surface area contributed by atoms with Crippen LogP contribution in [0.15, 0.2) is 48.5 Å². The topological polar surface area (TPSA) is 41.6 Å². The third-order valence-electron chi connectivity index (χ3n) is 5.11. The molecule has 0 aliphatic carbocycles. The summed E-state index contributed by atoms with van der Waals surface area (Å²) in [5.74, 6) is 1.04. The summed E-state index contributed by atoms with van der Waals surface area (Å²) >= 11 is 0. The lowest BCUT2D eigenvalue weighted by atomic mass is 9.95. The van der Waals surface area contributed by atoms with Crippen LogP contribution in [0, 0.1) is 12.8 Å². The number of rotatable bonds is 6. The third kappa shape index (κ3) is 5.57. The zero-order valence-electron chi connectivity index (χ0n) is 16.6. The number of anilines is 1. The molecule has 1 N–H and O–H groups in total. The van der Waals surface area contributed by atoms with Gasteiger partial charge >= 0.3 is 0 Å². The van der Waals surface area contributed by atoms with Gasteiger partial charge in [-0.25, -0.2) is 0 Å². The summed E-state index contributed by atoms with van der Waals surface area (Å²) in [4.78, 5) is 15.0. The van der Waals surface area contributed by atoms with Crippen LogP contribution in [-0.4, -0.2) is 30.0 Å². The monoisotopic (exact) mass is 366 g/mol. The van der Waals surface area contributed by atoms with Crippen molar-refractivity contribution in [1.29, 1.82) is 0 Å². The lowest BCUT2D eigenvalue weighted by Crippen LogP contribution is -2.37. The summed E-state index contributed by atoms with van der Waals surface area (Å²) in [7, 11) is 0. The highest BCUT2D eigenvalue weighted by Gasteiger charge is 2.25. The van der Waals surface area contributed by atoms with E-state index in [9.17, 15) is 4.79 Å². The van der Waals surface area contributed by atoms with Crippen molar-refractivity contribution in [2.75, 3.05) is 18.4 Å². The van der Waals surface area contributed by atoms with Crippen molar-refractivity contribution in [1.82, 2.24) is 4.90 Å². The van der Waals surface area contributed by atoms with Gasteiger partial charge < -0.3 is 10.1 Å². The summed E-state index contributed by atoms with van der Waals surface area (Å²) < 4.78 is 5.64. The van der Waals surface area contributed by atoms with E-state index in [1.807, 2.05) is 38.1 Å². The van der Waals surface area contributed by atoms with E-state index in [-0.39, 0.29) is 17.9 Å². The molecular weight excluding hydrogens is 336 g/mol. The number of carbonyl (C=O) groups is 1. The fraction of sp³-hybridized carbons (Fsp3) is 0.435. The van der Waals surface area contributed by atoms with Crippen molar-refractivity contribution < 1.29 is 9.53 Å². The zero-order valence-corrected chi connectivity index (χ0v) is 16.6. The second kappa shape index (κ2) is 9.05. The number of carbonyl (C=O) groups excluding carboxylic acids is 1. The molecule has 2 aromatic rings. The molecule has 0 unspecified atom stereocenters. The summed E-state index contributed by atoms with van der Waals surface area (Å²) in [5.41, 5.74) is 3.55. The first-order valence-corrected chi connectivity index (χ1v) is 9.85. The van der Waals surface area contributed by atoms with E-state index in [0.29, 0.717) is 0 Å². The number of hydrogen-bond acceptors (Lipinski definition) is 3. The minimum atomic E-state index is 0.0877. The van der Waals surface area contributed by atoms with Crippen LogP contribution in [0.25, 0.3) is 0 Å². The summed E-state index contributed by atoms with van der Waals surface area (Å²) in [6.07, 6.45) is 1.97. The molecular formula is C23H30N2O2. The van der Waals surface area contributed by atoms with Crippen molar-refractivity contribution in [3.8, 4) is 5.75 Å². The number of likely N-dealkylation sites (tertiary alicyclic amines) is 1. The minimum absolute atomic E-state index is 0.0877. The highest BCUT2D eigenvalue weighted by Crippen LogP contribution is 2.23. The van der Waals surface area contributed by atoms with Crippen LogP contribution in [0.3, 0.4) is 0 Å². The molecule has 144 valence electrons. The number of ether oxygens (including phenoxy) is 1. The molecule has 0 spiro atoms. The van der Waals surface area contributed by atoms with E-state index >= 15 is 0 Å². The fourth-order valence-corrected chi connectivity index (χ4v) is 3.51. The average Bonchev–Trinajstić information content (AvgIpc) is 2.65. The third-order valence-corrected chi connectivity index (χ3v) is 5.11. The lowest BCUT2D eigenvalue weighted by molar-refractivity contribution is -0.121. The van der Waals surface area contributed by atoms with Crippen molar-refractivity contribution in [3.63, 3.8) is 0 Å². The van der Waals surface area contributed by atoms with Gasteiger partial charge in [-0.2, -0.15) is 0 Å². The van der Waals surface area contributed by atoms with Gasteiger partial charge in [0.05, 0.1) is 6.10 Å². The molecule has 1 heterocycles. The molecule has 0 atom stereocenters. The Morgan fingerprint density at radius 3 is 2.41 bits per heavy atom. The molecule has 4 heteroatoms. The first kappa shape index (κ1) is 19.4. The first-order valence-electron chi connectivity index (χ1n) is 9.85. The Bertz CT molecular complexity index is 747. The SMILES string of the molecule is Cc1ccccc1CN1CCC(C(=O)Nc2ccc(OC(C)C)cc2)CC1. The Morgan fingerprint density at radius 1 is 1.11 bits per heavy atom. The van der Waals surface area contributed by atoms with Gasteiger partial charge in [0.1, 0.15) is 5.75 Å². The standard InChI is InChI=1S/C23H30N2O2/c1-17(2)27-22-10-8-21(9-11-22)24-23(26)19-12-14-25(15-13-19)16-20-7-5-4-6-18(20)3/h4-11,17,19H,12-16H2,1-3H3,(H,24,26). The second-order valence-electron chi connectivity index (χ2n) is 7.66. The Kier molecular flexibility index (Phi) is 6.51. The molecule has 2 aromatic carbocycles. The number of hydrogen-bond donors (Lipinski definition) is 1. The van der Waals surface area contributed by atoms with Gasteiger partial charge in [-0.05, 0) is 82.1 Å². The van der Waals surface area contributed by atoms with Crippen molar-refractivity contribution in [2.45, 2.75) is 46.3 Å². The molecule has 0 bridgehead atoms. The Hall–Kier alpha value is -2.33. The van der Waals surface area contributed by atoms with Gasteiger partial charge in [0.2, 0.25) is 5.91 Å². The zero-order chi connectivity index (χ0) is 19.2. The van der Waals surface area contributed by atoms with Crippen LogP contribution >= 0.6 is 0 Å². The molecule has 3 rings (SSSR count). The number of aryl methyl sites for hydroxylation is 1. The maximum absolute atomic E-state index is 12.6. The van der Waals surface area contributed by atoms with Crippen LogP contribution in [0.1, 0.15) is 37.8 Å². The largest absolute Gasteiger partial charge is 0.491 e. The molecule has 0 aromatic heterocycles. The van der Waals surface area contributed by atoms with E-state index in [2.05, 4.69) is 41.4 Å². The van der Waals surface area contributed by atoms with Gasteiger partial charge in [0.15, 0.2) is 0 Å². The maximum Gasteiger partial charge on any atom is 0.227 e. The van der Waals surface area contributed by atoms with Crippen molar-refractivity contribution in [2.24, 2.45) is 5.92 Å². The Balaban J connectivity index is 1.47. The van der Waals surface area contributed by atoms with Crippen LogP contribution in [0.5, 0.6) is 5.75 Å². The number of nitrogens with zero attached hydrogens (tertiary/aromatic N) is 1. The van der Waals surface area contributed by atoms with Crippen LogP contribution in [0.4, 0.5) is 5.69 Å². The van der Waals surface area contributed by atoms with Gasteiger partial charge in [-0.1, -0.05) is 24.3 Å². The molecule has 4 nitrogen and oxygen atoms in total. The maximum atomic E-state index is 12.6. The van der Waals surface area contributed by atoms with Crippen LogP contribution in [0.2, 0.25) is 0 Å². The molecule has 1 saturated heterocycles. The number of amides is 1. The van der Waals surface area contributed by atoms with E-state index in [0.717, 1.165) is 43.9 Å². The second-order valence-corrected chi connectivity index (χ2v) is 7.66. The van der Waals surface area contributed by atoms with Crippen molar-refractivity contribution in [3.05, 3.63) is 59.7 Å². The molecule has 1 amide bonds. The molecule has 27 heavy (non-hydrogen) atoms. The number of piperidine rings is 1. The first-order chi connectivity index (χ1) is 13.0. The van der Waals surface area contributed by atoms with Crippen LogP contribution in [-0.2, 0) is 11.3 Å².